The Hall–Kier alpha value is -2.24. The molecule has 0 atom stereocenters. The molecule has 2 rings (SSSR count). The van der Waals surface area contributed by atoms with Gasteiger partial charge in [0.2, 0.25) is 0 Å². The van der Waals surface area contributed by atoms with Gasteiger partial charge in [0.15, 0.2) is 5.58 Å². The fourth-order valence-electron chi connectivity index (χ4n) is 1.67. The van der Waals surface area contributed by atoms with Crippen molar-refractivity contribution < 1.29 is 13.9 Å². The molecule has 0 saturated carbocycles. The topological polar surface area (TPSA) is 87.5 Å². The van der Waals surface area contributed by atoms with Crippen LogP contribution in [0.4, 0.5) is 5.69 Å². The Morgan fingerprint density at radius 1 is 1.53 bits per heavy atom. The average molecular weight is 236 g/mol. The summed E-state index contributed by atoms with van der Waals surface area (Å²) in [5, 5.41) is 0. The summed E-state index contributed by atoms with van der Waals surface area (Å²) >= 11 is 0. The Balaban J connectivity index is 2.79. The fourth-order valence-corrected chi connectivity index (χ4v) is 1.67. The Morgan fingerprint density at radius 2 is 2.24 bits per heavy atom. The summed E-state index contributed by atoms with van der Waals surface area (Å²) < 4.78 is 11.1. The highest BCUT2D eigenvalue weighted by Gasteiger charge is 2.20. The van der Waals surface area contributed by atoms with Crippen molar-refractivity contribution in [3.8, 4) is 0 Å². The summed E-state index contributed by atoms with van der Waals surface area (Å²) in [6.07, 6.45) is 0. The van der Waals surface area contributed by atoms with Gasteiger partial charge in [-0.05, 0) is 19.1 Å². The number of rotatable bonds is 2. The van der Waals surface area contributed by atoms with E-state index in [-0.39, 0.29) is 17.9 Å². The molecule has 1 aromatic carbocycles. The second kappa shape index (κ2) is 3.97. The van der Waals surface area contributed by atoms with E-state index in [9.17, 15) is 9.59 Å². The molecule has 17 heavy (non-hydrogen) atoms. The van der Waals surface area contributed by atoms with Gasteiger partial charge in [0, 0.05) is 12.7 Å². The third-order valence-corrected chi connectivity index (χ3v) is 2.46. The van der Waals surface area contributed by atoms with Gasteiger partial charge in [-0.25, -0.2) is 9.59 Å². The minimum atomic E-state index is -0.563. The Bertz CT molecular complexity index is 639. The lowest BCUT2D eigenvalue weighted by atomic mass is 10.1. The van der Waals surface area contributed by atoms with Gasteiger partial charge in [-0.1, -0.05) is 0 Å². The SMILES string of the molecule is CCOC(=O)c1c(N)ccc2oc(=O)n(C)c12. The molecule has 90 valence electrons. The molecule has 2 N–H and O–H groups in total. The Morgan fingerprint density at radius 3 is 2.88 bits per heavy atom. The van der Waals surface area contributed by atoms with E-state index in [2.05, 4.69) is 0 Å². The van der Waals surface area contributed by atoms with Crippen LogP contribution in [0.1, 0.15) is 17.3 Å². The van der Waals surface area contributed by atoms with Gasteiger partial charge in [0.25, 0.3) is 0 Å². The monoisotopic (exact) mass is 236 g/mol. The van der Waals surface area contributed by atoms with Crippen LogP contribution >= 0.6 is 0 Å². The molecular formula is C11H12N2O4. The van der Waals surface area contributed by atoms with Crippen molar-refractivity contribution in [1.82, 2.24) is 4.57 Å². The van der Waals surface area contributed by atoms with Crippen molar-refractivity contribution in [1.29, 1.82) is 0 Å². The van der Waals surface area contributed by atoms with Crippen LogP contribution in [-0.4, -0.2) is 17.1 Å². The van der Waals surface area contributed by atoms with Crippen LogP contribution in [0.5, 0.6) is 0 Å². The number of nitrogen functional groups attached to an aromatic ring is 1. The summed E-state index contributed by atoms with van der Waals surface area (Å²) in [6.45, 7) is 1.93. The minimum Gasteiger partial charge on any atom is -0.462 e. The number of nitrogens with zero attached hydrogens (tertiary/aromatic N) is 1. The molecular weight excluding hydrogens is 224 g/mol. The number of hydrogen-bond donors (Lipinski definition) is 1. The van der Waals surface area contributed by atoms with Gasteiger partial charge in [-0.2, -0.15) is 0 Å². The first-order valence-electron chi connectivity index (χ1n) is 5.11. The standard InChI is InChI=1S/C11H12N2O4/c1-3-16-10(14)8-6(12)4-5-7-9(8)13(2)11(15)17-7/h4-5H,3,12H2,1-2H3. The summed E-state index contributed by atoms with van der Waals surface area (Å²) in [5.41, 5.74) is 6.83. The van der Waals surface area contributed by atoms with Crippen molar-refractivity contribution in [3.63, 3.8) is 0 Å². The highest BCUT2D eigenvalue weighted by molar-refractivity contribution is 6.06. The lowest BCUT2D eigenvalue weighted by Crippen LogP contribution is -2.14. The number of anilines is 1. The van der Waals surface area contributed by atoms with Crippen LogP contribution in [0, 0.1) is 0 Å². The number of fused-ring (bicyclic) bond motifs is 1. The first kappa shape index (κ1) is 11.3. The zero-order chi connectivity index (χ0) is 12.6. The van der Waals surface area contributed by atoms with E-state index in [1.807, 2.05) is 0 Å². The lowest BCUT2D eigenvalue weighted by Gasteiger charge is -2.06. The number of hydrogen-bond acceptors (Lipinski definition) is 5. The highest BCUT2D eigenvalue weighted by Crippen LogP contribution is 2.24. The van der Waals surface area contributed by atoms with E-state index in [0.717, 1.165) is 0 Å². The summed E-state index contributed by atoms with van der Waals surface area (Å²) in [4.78, 5) is 23.2. The molecule has 0 amide bonds. The predicted molar refractivity (Wildman–Crippen MR) is 61.8 cm³/mol. The second-order valence-electron chi connectivity index (χ2n) is 3.52. The molecule has 2 aromatic rings. The molecule has 0 saturated heterocycles. The molecule has 6 nitrogen and oxygen atoms in total. The molecule has 0 aliphatic carbocycles. The highest BCUT2D eigenvalue weighted by atomic mass is 16.5. The zero-order valence-electron chi connectivity index (χ0n) is 9.52. The van der Waals surface area contributed by atoms with Gasteiger partial charge >= 0.3 is 11.7 Å². The number of nitrogens with two attached hydrogens (primary N) is 1. The van der Waals surface area contributed by atoms with Gasteiger partial charge in [-0.15, -0.1) is 0 Å². The van der Waals surface area contributed by atoms with Crippen molar-refractivity contribution >= 4 is 22.8 Å². The Labute approximate surface area is 96.6 Å². The van der Waals surface area contributed by atoms with Crippen molar-refractivity contribution in [2.75, 3.05) is 12.3 Å². The first-order valence-corrected chi connectivity index (χ1v) is 5.11. The van der Waals surface area contributed by atoms with E-state index in [1.54, 1.807) is 13.0 Å². The van der Waals surface area contributed by atoms with Crippen molar-refractivity contribution in [2.24, 2.45) is 7.05 Å². The van der Waals surface area contributed by atoms with E-state index in [0.29, 0.717) is 11.1 Å². The molecule has 1 aromatic heterocycles. The third kappa shape index (κ3) is 1.67. The van der Waals surface area contributed by atoms with Gasteiger partial charge < -0.3 is 14.9 Å². The quantitative estimate of drug-likeness (QED) is 0.618. The van der Waals surface area contributed by atoms with Crippen molar-refractivity contribution in [2.45, 2.75) is 6.92 Å². The third-order valence-electron chi connectivity index (χ3n) is 2.46. The minimum absolute atomic E-state index is 0.165. The van der Waals surface area contributed by atoms with E-state index in [1.165, 1.54) is 17.7 Å². The molecule has 0 spiro atoms. The van der Waals surface area contributed by atoms with E-state index < -0.39 is 11.7 Å². The number of esters is 1. The Kier molecular flexibility index (Phi) is 2.63. The largest absolute Gasteiger partial charge is 0.462 e. The normalized spacial score (nSPS) is 10.7. The van der Waals surface area contributed by atoms with Crippen LogP contribution in [0.15, 0.2) is 21.3 Å². The maximum Gasteiger partial charge on any atom is 0.419 e. The molecule has 1 heterocycles. The number of ether oxygens (including phenoxy) is 1. The second-order valence-corrected chi connectivity index (χ2v) is 3.52. The molecule has 0 fully saturated rings. The fraction of sp³-hybridized carbons (Fsp3) is 0.273. The summed E-state index contributed by atoms with van der Waals surface area (Å²) in [7, 11) is 1.51. The maximum atomic E-state index is 11.8. The van der Waals surface area contributed by atoms with Crippen molar-refractivity contribution in [3.05, 3.63) is 28.2 Å². The van der Waals surface area contributed by atoms with Gasteiger partial charge in [-0.3, -0.25) is 4.57 Å². The number of aryl methyl sites for hydroxylation is 1. The van der Waals surface area contributed by atoms with E-state index in [4.69, 9.17) is 14.9 Å². The first-order chi connectivity index (χ1) is 8.06. The predicted octanol–water partition coefficient (Wildman–Crippen LogP) is 0.890. The molecule has 6 heteroatoms. The number of benzene rings is 1. The van der Waals surface area contributed by atoms with E-state index >= 15 is 0 Å². The van der Waals surface area contributed by atoms with Gasteiger partial charge in [0.1, 0.15) is 11.1 Å². The molecule has 0 radical (unpaired) electrons. The number of carbonyl (C=O) groups is 1. The lowest BCUT2D eigenvalue weighted by molar-refractivity contribution is 0.0529. The van der Waals surface area contributed by atoms with Crippen LogP contribution in [0.25, 0.3) is 11.1 Å². The van der Waals surface area contributed by atoms with Gasteiger partial charge in [0.05, 0.1) is 6.61 Å². The molecule has 0 aliphatic heterocycles. The average Bonchev–Trinajstić information content (AvgIpc) is 2.56. The van der Waals surface area contributed by atoms with Crippen LogP contribution in [-0.2, 0) is 11.8 Å². The summed E-state index contributed by atoms with van der Waals surface area (Å²) in [6, 6.07) is 3.06. The summed E-state index contributed by atoms with van der Waals surface area (Å²) in [5.74, 6) is -1.11. The molecule has 0 aliphatic rings. The van der Waals surface area contributed by atoms with Crippen LogP contribution in [0.3, 0.4) is 0 Å². The number of carbonyl (C=O) groups excluding carboxylic acids is 1. The smallest absolute Gasteiger partial charge is 0.419 e. The van der Waals surface area contributed by atoms with Crippen LogP contribution < -0.4 is 11.5 Å². The maximum absolute atomic E-state index is 11.8. The number of aromatic nitrogens is 1. The zero-order valence-corrected chi connectivity index (χ0v) is 9.52. The molecule has 0 unspecified atom stereocenters. The molecule has 0 bridgehead atoms. The number of oxazole rings is 1. The van der Waals surface area contributed by atoms with Crippen LogP contribution in [0.2, 0.25) is 0 Å².